The summed E-state index contributed by atoms with van der Waals surface area (Å²) in [5.74, 6) is 0.944. The van der Waals surface area contributed by atoms with E-state index in [4.69, 9.17) is 9.47 Å². The van der Waals surface area contributed by atoms with E-state index in [1.54, 1.807) is 0 Å². The third-order valence-electron chi connectivity index (χ3n) is 5.18. The van der Waals surface area contributed by atoms with Crippen molar-refractivity contribution in [2.45, 2.75) is 50.7 Å². The number of aromatic nitrogens is 2. The summed E-state index contributed by atoms with van der Waals surface area (Å²) in [4.78, 5) is 6.71. The van der Waals surface area contributed by atoms with E-state index in [0.717, 1.165) is 44.2 Å². The molecular weight excluding hydrogens is 330 g/mol. The Hall–Kier alpha value is -1.60. The van der Waals surface area contributed by atoms with Gasteiger partial charge in [0.25, 0.3) is 0 Å². The highest BCUT2D eigenvalue weighted by atomic mass is 16.5. The van der Waals surface area contributed by atoms with Crippen molar-refractivity contribution in [2.75, 3.05) is 39.9 Å². The fraction of sp³-hybridized carbons (Fsp3) is 0.789. The number of aryl methyl sites for hydroxylation is 1. The third kappa shape index (κ3) is 5.45. The molecule has 2 heterocycles. The molecule has 2 aliphatic rings. The Morgan fingerprint density at radius 1 is 1.38 bits per heavy atom. The number of hydrogen-bond acceptors (Lipinski definition) is 4. The van der Waals surface area contributed by atoms with Crippen molar-refractivity contribution in [2.24, 2.45) is 12.0 Å². The van der Waals surface area contributed by atoms with E-state index in [1.807, 2.05) is 31.2 Å². The molecule has 1 saturated heterocycles. The SMILES string of the molecule is CN=C(NCCCOC1CCCCC1)N1CCOC(c2cnn(C)c2)C1. The first kappa shape index (κ1) is 19.2. The van der Waals surface area contributed by atoms with Crippen LogP contribution in [-0.4, -0.2) is 66.6 Å². The topological polar surface area (TPSA) is 63.9 Å². The van der Waals surface area contributed by atoms with Gasteiger partial charge in [0.15, 0.2) is 5.96 Å². The molecule has 1 aliphatic heterocycles. The molecule has 146 valence electrons. The summed E-state index contributed by atoms with van der Waals surface area (Å²) in [6.45, 7) is 4.06. The molecule has 3 rings (SSSR count). The zero-order valence-electron chi connectivity index (χ0n) is 16.2. The quantitative estimate of drug-likeness (QED) is 0.476. The van der Waals surface area contributed by atoms with Crippen molar-refractivity contribution < 1.29 is 9.47 Å². The van der Waals surface area contributed by atoms with Gasteiger partial charge in [0.2, 0.25) is 0 Å². The third-order valence-corrected chi connectivity index (χ3v) is 5.18. The van der Waals surface area contributed by atoms with Crippen molar-refractivity contribution in [3.05, 3.63) is 18.0 Å². The average molecular weight is 364 g/mol. The predicted molar refractivity (Wildman–Crippen MR) is 102 cm³/mol. The van der Waals surface area contributed by atoms with E-state index < -0.39 is 0 Å². The van der Waals surface area contributed by atoms with Crippen LogP contribution in [0.4, 0.5) is 0 Å². The molecule has 7 heteroatoms. The Kier molecular flexibility index (Phi) is 7.32. The van der Waals surface area contributed by atoms with Crippen LogP contribution in [0.25, 0.3) is 0 Å². The molecule has 0 bridgehead atoms. The summed E-state index contributed by atoms with van der Waals surface area (Å²) < 4.78 is 13.7. The van der Waals surface area contributed by atoms with Crippen LogP contribution in [0.3, 0.4) is 0 Å². The van der Waals surface area contributed by atoms with Crippen LogP contribution < -0.4 is 5.32 Å². The highest BCUT2D eigenvalue weighted by molar-refractivity contribution is 5.80. The maximum absolute atomic E-state index is 6.00. The summed E-state index contributed by atoms with van der Waals surface area (Å²) in [6, 6.07) is 0. The minimum Gasteiger partial charge on any atom is -0.378 e. The Balaban J connectivity index is 1.39. The molecule has 1 aromatic rings. The second-order valence-electron chi connectivity index (χ2n) is 7.21. The summed E-state index contributed by atoms with van der Waals surface area (Å²) in [5.41, 5.74) is 1.12. The second-order valence-corrected chi connectivity index (χ2v) is 7.21. The lowest BCUT2D eigenvalue weighted by Crippen LogP contribution is -2.48. The Labute approximate surface area is 156 Å². The van der Waals surface area contributed by atoms with Gasteiger partial charge in [-0.25, -0.2) is 0 Å². The summed E-state index contributed by atoms with van der Waals surface area (Å²) in [6.07, 6.45) is 11.9. The zero-order valence-corrected chi connectivity index (χ0v) is 16.2. The van der Waals surface area contributed by atoms with Gasteiger partial charge < -0.3 is 19.7 Å². The van der Waals surface area contributed by atoms with Gasteiger partial charge in [-0.3, -0.25) is 9.67 Å². The van der Waals surface area contributed by atoms with E-state index in [0.29, 0.717) is 12.7 Å². The van der Waals surface area contributed by atoms with Gasteiger partial charge in [-0.2, -0.15) is 5.10 Å². The number of morpholine rings is 1. The van der Waals surface area contributed by atoms with Crippen molar-refractivity contribution in [1.29, 1.82) is 0 Å². The van der Waals surface area contributed by atoms with E-state index >= 15 is 0 Å². The smallest absolute Gasteiger partial charge is 0.193 e. The average Bonchev–Trinajstić information content (AvgIpc) is 3.12. The first-order chi connectivity index (χ1) is 12.8. The first-order valence-electron chi connectivity index (χ1n) is 9.93. The summed E-state index contributed by atoms with van der Waals surface area (Å²) in [7, 11) is 3.77. The minimum atomic E-state index is 0.0469. The molecular formula is C19H33N5O2. The second kappa shape index (κ2) is 9.92. The normalized spacial score (nSPS) is 22.6. The largest absolute Gasteiger partial charge is 0.378 e. The van der Waals surface area contributed by atoms with E-state index in [1.165, 1.54) is 32.1 Å². The van der Waals surface area contributed by atoms with Gasteiger partial charge in [-0.05, 0) is 19.3 Å². The number of ether oxygens (including phenoxy) is 2. The van der Waals surface area contributed by atoms with Crippen LogP contribution in [0.15, 0.2) is 17.4 Å². The molecule has 1 saturated carbocycles. The molecule has 1 atom stereocenters. The lowest BCUT2D eigenvalue weighted by atomic mass is 9.98. The predicted octanol–water partition coefficient (Wildman–Crippen LogP) is 2.11. The zero-order chi connectivity index (χ0) is 18.2. The number of hydrogen-bond donors (Lipinski definition) is 1. The lowest BCUT2D eigenvalue weighted by Gasteiger charge is -2.34. The molecule has 1 aliphatic carbocycles. The molecule has 0 aromatic carbocycles. The van der Waals surface area contributed by atoms with Crippen molar-refractivity contribution in [1.82, 2.24) is 20.0 Å². The number of nitrogens with one attached hydrogen (secondary N) is 1. The van der Waals surface area contributed by atoms with Crippen LogP contribution in [0.1, 0.15) is 50.2 Å². The van der Waals surface area contributed by atoms with Crippen molar-refractivity contribution in [3.63, 3.8) is 0 Å². The summed E-state index contributed by atoms with van der Waals surface area (Å²) >= 11 is 0. The Morgan fingerprint density at radius 3 is 2.96 bits per heavy atom. The fourth-order valence-corrected chi connectivity index (χ4v) is 3.74. The van der Waals surface area contributed by atoms with Gasteiger partial charge >= 0.3 is 0 Å². The molecule has 0 amide bonds. The highest BCUT2D eigenvalue weighted by Crippen LogP contribution is 2.22. The molecule has 1 unspecified atom stereocenters. The number of nitrogens with zero attached hydrogens (tertiary/aromatic N) is 4. The standard InChI is InChI=1S/C19H33N5O2/c1-20-19(21-9-6-11-25-17-7-4-3-5-8-17)24-10-12-26-18(15-24)16-13-22-23(2)14-16/h13-14,17-18H,3-12,15H2,1-2H3,(H,20,21). The van der Waals surface area contributed by atoms with Crippen molar-refractivity contribution >= 4 is 5.96 Å². The van der Waals surface area contributed by atoms with Crippen LogP contribution in [0, 0.1) is 0 Å². The minimum absolute atomic E-state index is 0.0469. The van der Waals surface area contributed by atoms with E-state index in [2.05, 4.69) is 20.3 Å². The monoisotopic (exact) mass is 363 g/mol. The molecule has 1 aromatic heterocycles. The lowest BCUT2D eigenvalue weighted by molar-refractivity contribution is -0.00815. The van der Waals surface area contributed by atoms with Gasteiger partial charge in [0.1, 0.15) is 6.10 Å². The van der Waals surface area contributed by atoms with Crippen molar-refractivity contribution in [3.8, 4) is 0 Å². The Bertz CT molecular complexity index is 568. The molecule has 7 nitrogen and oxygen atoms in total. The van der Waals surface area contributed by atoms with Crippen LogP contribution in [0.2, 0.25) is 0 Å². The van der Waals surface area contributed by atoms with Crippen LogP contribution in [-0.2, 0) is 16.5 Å². The van der Waals surface area contributed by atoms with Gasteiger partial charge in [0.05, 0.1) is 25.5 Å². The van der Waals surface area contributed by atoms with Gasteiger partial charge in [-0.15, -0.1) is 0 Å². The fourth-order valence-electron chi connectivity index (χ4n) is 3.74. The first-order valence-corrected chi connectivity index (χ1v) is 9.93. The van der Waals surface area contributed by atoms with Crippen LogP contribution in [0.5, 0.6) is 0 Å². The number of guanidine groups is 1. The maximum atomic E-state index is 6.00. The molecule has 0 radical (unpaired) electrons. The highest BCUT2D eigenvalue weighted by Gasteiger charge is 2.25. The summed E-state index contributed by atoms with van der Waals surface area (Å²) in [5, 5.41) is 7.72. The molecule has 2 fully saturated rings. The number of rotatable bonds is 6. The molecule has 1 N–H and O–H groups in total. The number of aliphatic imine (C=N–C) groups is 1. The van der Waals surface area contributed by atoms with Gasteiger partial charge in [0, 0.05) is 45.6 Å². The Morgan fingerprint density at radius 2 is 2.23 bits per heavy atom. The molecule has 26 heavy (non-hydrogen) atoms. The van der Waals surface area contributed by atoms with E-state index in [-0.39, 0.29) is 6.10 Å². The van der Waals surface area contributed by atoms with Crippen LogP contribution >= 0.6 is 0 Å². The maximum Gasteiger partial charge on any atom is 0.193 e. The van der Waals surface area contributed by atoms with Gasteiger partial charge in [-0.1, -0.05) is 19.3 Å². The van der Waals surface area contributed by atoms with E-state index in [9.17, 15) is 0 Å². The molecule has 0 spiro atoms.